The van der Waals surface area contributed by atoms with E-state index in [4.69, 9.17) is 5.73 Å². The summed E-state index contributed by atoms with van der Waals surface area (Å²) in [5.74, 6) is -0.348. The predicted molar refractivity (Wildman–Crippen MR) is 75.1 cm³/mol. The van der Waals surface area contributed by atoms with Gasteiger partial charge in [0, 0.05) is 18.0 Å². The summed E-state index contributed by atoms with van der Waals surface area (Å²) in [7, 11) is 0. The van der Waals surface area contributed by atoms with Crippen LogP contribution in [-0.2, 0) is 19.5 Å². The van der Waals surface area contributed by atoms with E-state index in [1.807, 2.05) is 6.07 Å². The Kier molecular flexibility index (Phi) is 4.33. The molecule has 0 amide bonds. The van der Waals surface area contributed by atoms with Crippen molar-refractivity contribution >= 4 is 17.0 Å². The maximum atomic E-state index is 13.2. The first-order chi connectivity index (χ1) is 8.72. The van der Waals surface area contributed by atoms with Gasteiger partial charge >= 0.3 is 0 Å². The molecule has 0 bridgehead atoms. The second-order valence-electron chi connectivity index (χ2n) is 4.14. The minimum atomic E-state index is -0.348. The molecule has 18 heavy (non-hydrogen) atoms. The van der Waals surface area contributed by atoms with Gasteiger partial charge in [-0.25, -0.2) is 4.39 Å². The Morgan fingerprint density at radius 3 is 2.83 bits per heavy atom. The molecule has 0 radical (unpaired) electrons. The highest BCUT2D eigenvalue weighted by atomic mass is 32.1. The van der Waals surface area contributed by atoms with Crippen LogP contribution < -0.4 is 11.1 Å². The Bertz CT molecular complexity index is 522. The molecule has 0 aliphatic rings. The SMILES string of the molecule is CCc1ccsc1CNCc1cccc(F)c1N. The lowest BCUT2D eigenvalue weighted by Gasteiger charge is -2.08. The Morgan fingerprint density at radius 2 is 2.06 bits per heavy atom. The number of nitrogens with one attached hydrogen (secondary N) is 1. The highest BCUT2D eigenvalue weighted by Crippen LogP contribution is 2.18. The fraction of sp³-hybridized carbons (Fsp3) is 0.286. The third-order valence-electron chi connectivity index (χ3n) is 2.96. The number of hydrogen-bond donors (Lipinski definition) is 2. The van der Waals surface area contributed by atoms with Crippen LogP contribution in [0.4, 0.5) is 10.1 Å². The summed E-state index contributed by atoms with van der Waals surface area (Å²) >= 11 is 1.75. The molecule has 0 spiro atoms. The first-order valence-corrected chi connectivity index (χ1v) is 6.89. The molecule has 0 atom stereocenters. The van der Waals surface area contributed by atoms with Gasteiger partial charge in [0.25, 0.3) is 0 Å². The standard InChI is InChI=1S/C14H17FN2S/c1-2-10-6-7-18-13(10)9-17-8-11-4-3-5-12(15)14(11)16/h3-7,17H,2,8-9,16H2,1H3. The Hall–Kier alpha value is -1.39. The first-order valence-electron chi connectivity index (χ1n) is 6.01. The van der Waals surface area contributed by atoms with Gasteiger partial charge in [-0.3, -0.25) is 0 Å². The molecule has 0 aliphatic heterocycles. The fourth-order valence-corrected chi connectivity index (χ4v) is 2.83. The van der Waals surface area contributed by atoms with Crippen LogP contribution in [0.25, 0.3) is 0 Å². The smallest absolute Gasteiger partial charge is 0.146 e. The molecule has 2 nitrogen and oxygen atoms in total. The van der Waals surface area contributed by atoms with E-state index in [-0.39, 0.29) is 11.5 Å². The molecule has 2 rings (SSSR count). The molecule has 0 unspecified atom stereocenters. The molecule has 0 saturated heterocycles. The number of anilines is 1. The van der Waals surface area contributed by atoms with Crippen molar-refractivity contribution in [3.8, 4) is 0 Å². The number of rotatable bonds is 5. The van der Waals surface area contributed by atoms with Crippen molar-refractivity contribution in [1.82, 2.24) is 5.32 Å². The van der Waals surface area contributed by atoms with Gasteiger partial charge in [0.15, 0.2) is 0 Å². The number of hydrogen-bond acceptors (Lipinski definition) is 3. The van der Waals surface area contributed by atoms with E-state index >= 15 is 0 Å². The van der Waals surface area contributed by atoms with Crippen molar-refractivity contribution in [3.05, 3.63) is 51.5 Å². The second-order valence-corrected chi connectivity index (χ2v) is 5.14. The summed E-state index contributed by atoms with van der Waals surface area (Å²) in [6, 6.07) is 7.07. The molecule has 3 N–H and O–H groups in total. The monoisotopic (exact) mass is 264 g/mol. The van der Waals surface area contributed by atoms with E-state index in [0.29, 0.717) is 6.54 Å². The third-order valence-corrected chi connectivity index (χ3v) is 3.93. The Labute approximate surface area is 111 Å². The van der Waals surface area contributed by atoms with Crippen LogP contribution in [0.15, 0.2) is 29.6 Å². The van der Waals surface area contributed by atoms with Gasteiger partial charge in [0.1, 0.15) is 5.82 Å². The molecule has 1 aromatic carbocycles. The van der Waals surface area contributed by atoms with Crippen LogP contribution >= 0.6 is 11.3 Å². The van der Waals surface area contributed by atoms with Gasteiger partial charge in [-0.2, -0.15) is 0 Å². The van der Waals surface area contributed by atoms with Crippen molar-refractivity contribution in [3.63, 3.8) is 0 Å². The molecule has 96 valence electrons. The van der Waals surface area contributed by atoms with Gasteiger partial charge in [0.2, 0.25) is 0 Å². The van der Waals surface area contributed by atoms with Crippen LogP contribution in [0.1, 0.15) is 22.9 Å². The number of nitrogen functional groups attached to an aromatic ring is 1. The van der Waals surface area contributed by atoms with Crippen LogP contribution in [0.5, 0.6) is 0 Å². The fourth-order valence-electron chi connectivity index (χ4n) is 1.88. The largest absolute Gasteiger partial charge is 0.396 e. The van der Waals surface area contributed by atoms with Crippen LogP contribution in [0.3, 0.4) is 0 Å². The highest BCUT2D eigenvalue weighted by molar-refractivity contribution is 7.10. The third kappa shape index (κ3) is 2.89. The lowest BCUT2D eigenvalue weighted by atomic mass is 10.1. The first kappa shape index (κ1) is 13.1. The summed E-state index contributed by atoms with van der Waals surface area (Å²) in [5, 5.41) is 5.41. The van der Waals surface area contributed by atoms with E-state index < -0.39 is 0 Å². The summed E-state index contributed by atoms with van der Waals surface area (Å²) in [4.78, 5) is 1.34. The topological polar surface area (TPSA) is 38.0 Å². The number of para-hydroxylation sites is 1. The van der Waals surface area contributed by atoms with E-state index in [1.165, 1.54) is 16.5 Å². The lowest BCUT2D eigenvalue weighted by molar-refractivity contribution is 0.626. The zero-order valence-electron chi connectivity index (χ0n) is 10.4. The Balaban J connectivity index is 1.94. The van der Waals surface area contributed by atoms with E-state index in [1.54, 1.807) is 17.4 Å². The molecule has 0 saturated carbocycles. The van der Waals surface area contributed by atoms with E-state index in [9.17, 15) is 4.39 Å². The maximum absolute atomic E-state index is 13.2. The summed E-state index contributed by atoms with van der Waals surface area (Å²) in [6.07, 6.45) is 1.04. The molecular formula is C14H17FN2S. The maximum Gasteiger partial charge on any atom is 0.146 e. The van der Waals surface area contributed by atoms with Gasteiger partial charge < -0.3 is 11.1 Å². The van der Waals surface area contributed by atoms with Crippen molar-refractivity contribution < 1.29 is 4.39 Å². The zero-order valence-corrected chi connectivity index (χ0v) is 11.2. The number of halogens is 1. The van der Waals surface area contributed by atoms with Crippen LogP contribution in [0, 0.1) is 5.82 Å². The van der Waals surface area contributed by atoms with Crippen molar-refractivity contribution in [1.29, 1.82) is 0 Å². The van der Waals surface area contributed by atoms with Gasteiger partial charge in [-0.05, 0) is 35.1 Å². The summed E-state index contributed by atoms with van der Waals surface area (Å²) in [5.41, 5.74) is 8.11. The zero-order chi connectivity index (χ0) is 13.0. The summed E-state index contributed by atoms with van der Waals surface area (Å²) in [6.45, 7) is 3.54. The van der Waals surface area contributed by atoms with Gasteiger partial charge in [0.05, 0.1) is 5.69 Å². The second kappa shape index (κ2) is 5.98. The predicted octanol–water partition coefficient (Wildman–Crippen LogP) is 3.32. The summed E-state index contributed by atoms with van der Waals surface area (Å²) < 4.78 is 13.2. The Morgan fingerprint density at radius 1 is 1.22 bits per heavy atom. The average Bonchev–Trinajstić information content (AvgIpc) is 2.82. The molecule has 1 heterocycles. The lowest BCUT2D eigenvalue weighted by Crippen LogP contribution is -2.14. The normalized spacial score (nSPS) is 10.8. The minimum absolute atomic E-state index is 0.242. The molecule has 2 aromatic rings. The molecule has 1 aromatic heterocycles. The van der Waals surface area contributed by atoms with Crippen LogP contribution in [0.2, 0.25) is 0 Å². The molecular weight excluding hydrogens is 247 g/mol. The quantitative estimate of drug-likeness (QED) is 0.813. The van der Waals surface area contributed by atoms with E-state index in [0.717, 1.165) is 18.5 Å². The highest BCUT2D eigenvalue weighted by Gasteiger charge is 2.05. The van der Waals surface area contributed by atoms with Crippen molar-refractivity contribution in [2.24, 2.45) is 0 Å². The van der Waals surface area contributed by atoms with E-state index in [2.05, 4.69) is 23.7 Å². The number of aryl methyl sites for hydroxylation is 1. The van der Waals surface area contributed by atoms with Crippen molar-refractivity contribution in [2.75, 3.05) is 5.73 Å². The van der Waals surface area contributed by atoms with Crippen LogP contribution in [-0.4, -0.2) is 0 Å². The molecule has 4 heteroatoms. The minimum Gasteiger partial charge on any atom is -0.396 e. The number of benzene rings is 1. The van der Waals surface area contributed by atoms with Gasteiger partial charge in [-0.15, -0.1) is 11.3 Å². The van der Waals surface area contributed by atoms with Crippen molar-refractivity contribution in [2.45, 2.75) is 26.4 Å². The van der Waals surface area contributed by atoms with Gasteiger partial charge in [-0.1, -0.05) is 19.1 Å². The number of nitrogens with two attached hydrogens (primary N) is 1. The average molecular weight is 264 g/mol. The molecule has 0 aliphatic carbocycles. The molecule has 0 fully saturated rings. The number of thiophene rings is 1.